The number of aromatic nitrogens is 1. The summed E-state index contributed by atoms with van der Waals surface area (Å²) in [5, 5.41) is 1.20. The van der Waals surface area contributed by atoms with Crippen LogP contribution >= 0.6 is 11.6 Å². The van der Waals surface area contributed by atoms with Crippen molar-refractivity contribution in [1.82, 2.24) is 9.88 Å². The molecule has 1 atom stereocenters. The van der Waals surface area contributed by atoms with Gasteiger partial charge < -0.3 is 9.64 Å². The number of benzene rings is 2. The molecule has 3 rings (SSSR count). The molecule has 1 unspecified atom stereocenters. The van der Waals surface area contributed by atoms with Crippen LogP contribution in [-0.4, -0.2) is 36.0 Å². The molecule has 0 aliphatic carbocycles. The Morgan fingerprint density at radius 3 is 2.62 bits per heavy atom. The number of hydrogen-bond acceptors (Lipinski definition) is 3. The molecule has 3 aromatic rings. The fourth-order valence-electron chi connectivity index (χ4n) is 2.76. The Balaban J connectivity index is 1.99. The summed E-state index contributed by atoms with van der Waals surface area (Å²) in [7, 11) is 3.37. The molecule has 0 saturated heterocycles. The van der Waals surface area contributed by atoms with Crippen molar-refractivity contribution in [3.63, 3.8) is 0 Å². The average Bonchev–Trinajstić information content (AvgIpc) is 2.60. The van der Waals surface area contributed by atoms with Crippen molar-refractivity contribution in [2.24, 2.45) is 0 Å². The normalized spacial score (nSPS) is 12.0. The van der Waals surface area contributed by atoms with E-state index in [4.69, 9.17) is 16.3 Å². The number of carbonyl (C=O) groups excluding carboxylic acids is 1. The second kappa shape index (κ2) is 7.30. The molecular weight excluding hydrogens is 355 g/mol. The Morgan fingerprint density at radius 1 is 1.15 bits per heavy atom. The topological polar surface area (TPSA) is 42.4 Å². The van der Waals surface area contributed by atoms with Crippen LogP contribution < -0.4 is 4.74 Å². The number of hydrogen-bond donors (Lipinski definition) is 0. The fourth-order valence-corrected chi connectivity index (χ4v) is 3.03. The molecular formula is C20H18ClFN2O2. The summed E-state index contributed by atoms with van der Waals surface area (Å²) in [5.74, 6) is 0.0484. The van der Waals surface area contributed by atoms with Crippen LogP contribution in [0.1, 0.15) is 6.92 Å². The minimum atomic E-state index is -0.600. The van der Waals surface area contributed by atoms with E-state index < -0.39 is 6.10 Å². The molecule has 6 heteroatoms. The molecule has 4 nitrogen and oxygen atoms in total. The lowest BCUT2D eigenvalue weighted by atomic mass is 10.0. The number of fused-ring (bicyclic) bond motifs is 1. The molecule has 0 radical (unpaired) electrons. The Kier molecular flexibility index (Phi) is 5.09. The summed E-state index contributed by atoms with van der Waals surface area (Å²) in [5.41, 5.74) is 2.28. The van der Waals surface area contributed by atoms with E-state index in [1.165, 1.54) is 17.0 Å². The first kappa shape index (κ1) is 18.1. The first-order chi connectivity index (χ1) is 12.4. The zero-order chi connectivity index (χ0) is 18.8. The van der Waals surface area contributed by atoms with Crippen molar-refractivity contribution in [1.29, 1.82) is 0 Å². The van der Waals surface area contributed by atoms with Gasteiger partial charge in [0.05, 0.1) is 10.5 Å². The summed E-state index contributed by atoms with van der Waals surface area (Å²) in [6.45, 7) is 1.70. The van der Waals surface area contributed by atoms with Gasteiger partial charge >= 0.3 is 0 Å². The largest absolute Gasteiger partial charge is 0.481 e. The number of nitrogens with zero attached hydrogens (tertiary/aromatic N) is 2. The highest BCUT2D eigenvalue weighted by atomic mass is 35.5. The van der Waals surface area contributed by atoms with E-state index in [2.05, 4.69) is 4.98 Å². The van der Waals surface area contributed by atoms with Crippen molar-refractivity contribution >= 4 is 28.4 Å². The molecule has 1 amide bonds. The van der Waals surface area contributed by atoms with Crippen molar-refractivity contribution in [3.05, 3.63) is 59.5 Å². The van der Waals surface area contributed by atoms with E-state index in [1.54, 1.807) is 45.4 Å². The maximum atomic E-state index is 13.3. The lowest BCUT2D eigenvalue weighted by Crippen LogP contribution is -2.35. The van der Waals surface area contributed by atoms with Crippen LogP contribution in [0.25, 0.3) is 22.0 Å². The summed E-state index contributed by atoms with van der Waals surface area (Å²) >= 11 is 6.20. The molecule has 0 bridgehead atoms. The fraction of sp³-hybridized carbons (Fsp3) is 0.200. The van der Waals surface area contributed by atoms with Gasteiger partial charge in [0.15, 0.2) is 6.10 Å². The molecule has 2 aromatic carbocycles. The maximum Gasteiger partial charge on any atom is 0.262 e. The Bertz CT molecular complexity index is 975. The van der Waals surface area contributed by atoms with Crippen molar-refractivity contribution in [3.8, 4) is 16.9 Å². The highest BCUT2D eigenvalue weighted by Gasteiger charge is 2.17. The van der Waals surface area contributed by atoms with Crippen molar-refractivity contribution in [2.45, 2.75) is 13.0 Å². The Labute approximate surface area is 156 Å². The predicted octanol–water partition coefficient (Wildman–Crippen LogP) is 4.55. The minimum Gasteiger partial charge on any atom is -0.481 e. The van der Waals surface area contributed by atoms with E-state index >= 15 is 0 Å². The van der Waals surface area contributed by atoms with Gasteiger partial charge in [0, 0.05) is 37.3 Å². The Morgan fingerprint density at radius 2 is 1.92 bits per heavy atom. The third-order valence-electron chi connectivity index (χ3n) is 4.04. The molecule has 0 aliphatic heterocycles. The molecule has 1 heterocycles. The quantitative estimate of drug-likeness (QED) is 0.674. The predicted molar refractivity (Wildman–Crippen MR) is 101 cm³/mol. The van der Waals surface area contributed by atoms with Gasteiger partial charge in [0.1, 0.15) is 11.6 Å². The summed E-state index contributed by atoms with van der Waals surface area (Å²) in [6, 6.07) is 11.6. The molecule has 0 saturated carbocycles. The van der Waals surface area contributed by atoms with Gasteiger partial charge in [0.2, 0.25) is 0 Å². The van der Waals surface area contributed by atoms with Gasteiger partial charge in [-0.15, -0.1) is 0 Å². The van der Waals surface area contributed by atoms with Crippen molar-refractivity contribution in [2.75, 3.05) is 14.1 Å². The van der Waals surface area contributed by atoms with Gasteiger partial charge in [-0.1, -0.05) is 11.6 Å². The van der Waals surface area contributed by atoms with E-state index in [0.717, 1.165) is 16.5 Å². The maximum absolute atomic E-state index is 13.3. The third-order valence-corrected chi connectivity index (χ3v) is 4.35. The first-order valence-corrected chi connectivity index (χ1v) is 8.46. The van der Waals surface area contributed by atoms with Gasteiger partial charge in [-0.25, -0.2) is 4.39 Å². The van der Waals surface area contributed by atoms with Crippen LogP contribution in [-0.2, 0) is 4.79 Å². The van der Waals surface area contributed by atoms with E-state index in [1.807, 2.05) is 12.1 Å². The second-order valence-corrected chi connectivity index (χ2v) is 6.56. The lowest BCUT2D eigenvalue weighted by Gasteiger charge is -2.18. The number of rotatable bonds is 4. The summed E-state index contributed by atoms with van der Waals surface area (Å²) in [6.07, 6.45) is 1.06. The molecule has 0 fully saturated rings. The van der Waals surface area contributed by atoms with Gasteiger partial charge in [-0.2, -0.15) is 0 Å². The van der Waals surface area contributed by atoms with Gasteiger partial charge in [-0.05, 0) is 48.9 Å². The average molecular weight is 373 g/mol. The minimum absolute atomic E-state index is 0.120. The Hall–Kier alpha value is -2.66. The number of ether oxygens (including phenoxy) is 1. The highest BCUT2D eigenvalue weighted by Crippen LogP contribution is 2.34. The molecule has 0 spiro atoms. The second-order valence-electron chi connectivity index (χ2n) is 6.15. The van der Waals surface area contributed by atoms with E-state index in [-0.39, 0.29) is 11.7 Å². The van der Waals surface area contributed by atoms with Gasteiger partial charge in [-0.3, -0.25) is 9.78 Å². The molecule has 26 heavy (non-hydrogen) atoms. The molecule has 134 valence electrons. The van der Waals surface area contributed by atoms with Crippen LogP contribution in [0.5, 0.6) is 5.75 Å². The monoisotopic (exact) mass is 372 g/mol. The molecule has 1 aromatic heterocycles. The molecule has 0 aliphatic rings. The van der Waals surface area contributed by atoms with Crippen molar-refractivity contribution < 1.29 is 13.9 Å². The van der Waals surface area contributed by atoms with E-state index in [9.17, 15) is 9.18 Å². The van der Waals surface area contributed by atoms with Crippen LogP contribution in [0.15, 0.2) is 48.7 Å². The lowest BCUT2D eigenvalue weighted by molar-refractivity contribution is -0.135. The first-order valence-electron chi connectivity index (χ1n) is 8.09. The SMILES string of the molecule is CC(Oc1ccc2c(-c3ccc(F)cc3Cl)ccnc2c1)C(=O)N(C)C. The van der Waals surface area contributed by atoms with Crippen LogP contribution in [0, 0.1) is 5.82 Å². The van der Waals surface area contributed by atoms with E-state index in [0.29, 0.717) is 16.3 Å². The van der Waals surface area contributed by atoms with Crippen LogP contribution in [0.4, 0.5) is 4.39 Å². The third kappa shape index (κ3) is 3.63. The zero-order valence-corrected chi connectivity index (χ0v) is 15.4. The number of amides is 1. The zero-order valence-electron chi connectivity index (χ0n) is 14.7. The number of pyridine rings is 1. The summed E-state index contributed by atoms with van der Waals surface area (Å²) in [4.78, 5) is 17.8. The number of carbonyl (C=O) groups is 1. The van der Waals surface area contributed by atoms with Gasteiger partial charge in [0.25, 0.3) is 5.91 Å². The standard InChI is InChI=1S/C20H18ClFN2O2/c1-12(20(25)24(2)3)26-14-5-7-17-15(8-9-23-19(17)11-14)16-6-4-13(22)10-18(16)21/h4-12H,1-3H3. The number of halogens is 2. The summed E-state index contributed by atoms with van der Waals surface area (Å²) < 4.78 is 19.1. The van der Waals surface area contributed by atoms with Crippen LogP contribution in [0.2, 0.25) is 5.02 Å². The smallest absolute Gasteiger partial charge is 0.262 e. The number of likely N-dealkylation sites (N-methyl/N-ethyl adjacent to an activating group) is 1. The van der Waals surface area contributed by atoms with Crippen LogP contribution in [0.3, 0.4) is 0 Å². The molecule has 0 N–H and O–H groups in total. The highest BCUT2D eigenvalue weighted by molar-refractivity contribution is 6.33.